The number of hydrogen-bond acceptors (Lipinski definition) is 5. The number of pyridine rings is 2. The molecule has 0 aliphatic carbocycles. The third-order valence-corrected chi connectivity index (χ3v) is 4.07. The van der Waals surface area contributed by atoms with E-state index < -0.39 is 4.92 Å². The van der Waals surface area contributed by atoms with Crippen LogP contribution in [0.2, 0.25) is 0 Å². The van der Waals surface area contributed by atoms with Crippen LogP contribution < -0.4 is 5.73 Å². The van der Waals surface area contributed by atoms with Gasteiger partial charge in [0.1, 0.15) is 6.20 Å². The van der Waals surface area contributed by atoms with Gasteiger partial charge in [0.2, 0.25) is 0 Å². The van der Waals surface area contributed by atoms with Crippen LogP contribution in [0.3, 0.4) is 0 Å². The predicted molar refractivity (Wildman–Crippen MR) is 93.7 cm³/mol. The van der Waals surface area contributed by atoms with Crippen molar-refractivity contribution in [3.63, 3.8) is 0 Å². The summed E-state index contributed by atoms with van der Waals surface area (Å²) in [6.45, 7) is 4.01. The Labute approximate surface area is 145 Å². The van der Waals surface area contributed by atoms with Crippen LogP contribution in [-0.2, 0) is 12.8 Å². The van der Waals surface area contributed by atoms with Crippen LogP contribution in [0, 0.1) is 10.1 Å². The second-order valence-electron chi connectivity index (χ2n) is 4.29. The first kappa shape index (κ1) is 18.5. The zero-order valence-corrected chi connectivity index (χ0v) is 15.4. The highest BCUT2D eigenvalue weighted by Gasteiger charge is 2.11. The lowest BCUT2D eigenvalue weighted by molar-refractivity contribution is -0.386. The number of hydrogen-bond donors (Lipinski definition) is 1. The third kappa shape index (κ3) is 5.34. The molecule has 0 aliphatic heterocycles. The van der Waals surface area contributed by atoms with E-state index in [1.807, 2.05) is 13.0 Å². The molecule has 2 aromatic rings. The fourth-order valence-corrected chi connectivity index (χ4v) is 2.34. The number of anilines is 1. The molecule has 0 bridgehead atoms. The summed E-state index contributed by atoms with van der Waals surface area (Å²) in [5.74, 6) is 0. The van der Waals surface area contributed by atoms with Gasteiger partial charge in [0, 0.05) is 15.9 Å². The van der Waals surface area contributed by atoms with E-state index in [2.05, 4.69) is 48.8 Å². The van der Waals surface area contributed by atoms with Gasteiger partial charge in [-0.25, -0.2) is 0 Å². The number of nitrogens with two attached hydrogens (primary N) is 1. The summed E-state index contributed by atoms with van der Waals surface area (Å²) in [5, 5.41) is 10.4. The molecule has 0 aliphatic rings. The minimum atomic E-state index is -0.462. The van der Waals surface area contributed by atoms with Gasteiger partial charge >= 0.3 is 5.69 Å². The first-order chi connectivity index (χ1) is 10.4. The molecule has 0 unspecified atom stereocenters. The molecule has 0 aromatic carbocycles. The number of nitrogens with zero attached hydrogens (tertiary/aromatic N) is 3. The molecule has 0 atom stereocenters. The molecule has 8 heteroatoms. The van der Waals surface area contributed by atoms with E-state index in [0.717, 1.165) is 28.7 Å². The van der Waals surface area contributed by atoms with Gasteiger partial charge in [-0.05, 0) is 56.8 Å². The van der Waals surface area contributed by atoms with Crippen molar-refractivity contribution in [2.75, 3.05) is 5.73 Å². The highest BCUT2D eigenvalue weighted by molar-refractivity contribution is 9.11. The second-order valence-corrected chi connectivity index (χ2v) is 6.00. The number of rotatable bonds is 3. The third-order valence-electron chi connectivity index (χ3n) is 2.75. The molecule has 22 heavy (non-hydrogen) atoms. The molecule has 2 heterocycles. The lowest BCUT2D eigenvalue weighted by Crippen LogP contribution is -1.93. The number of halogens is 2. The Morgan fingerprint density at radius 2 is 1.59 bits per heavy atom. The summed E-state index contributed by atoms with van der Waals surface area (Å²) in [6.07, 6.45) is 4.65. The molecular weight excluding hydrogens is 416 g/mol. The molecule has 0 saturated carbocycles. The molecule has 2 rings (SSSR count). The number of aromatic nitrogens is 2. The lowest BCUT2D eigenvalue weighted by Gasteiger charge is -1.98. The Bertz CT molecular complexity index is 665. The van der Waals surface area contributed by atoms with Gasteiger partial charge in [-0.2, -0.15) is 0 Å². The maximum atomic E-state index is 10.4. The monoisotopic (exact) mass is 430 g/mol. The molecule has 0 saturated heterocycles. The van der Waals surface area contributed by atoms with Crippen molar-refractivity contribution in [3.05, 3.63) is 55.0 Å². The van der Waals surface area contributed by atoms with E-state index in [9.17, 15) is 10.1 Å². The van der Waals surface area contributed by atoms with Crippen molar-refractivity contribution < 1.29 is 4.92 Å². The molecule has 0 spiro atoms. The van der Waals surface area contributed by atoms with E-state index in [0.29, 0.717) is 10.2 Å². The maximum absolute atomic E-state index is 10.4. The Morgan fingerprint density at radius 1 is 1.09 bits per heavy atom. The van der Waals surface area contributed by atoms with Gasteiger partial charge in [-0.3, -0.25) is 20.1 Å². The van der Waals surface area contributed by atoms with Crippen molar-refractivity contribution >= 4 is 43.2 Å². The molecule has 0 radical (unpaired) electrons. The molecule has 0 fully saturated rings. The summed E-state index contributed by atoms with van der Waals surface area (Å²) in [5.41, 5.74) is 8.13. The standard InChI is InChI=1S/C7H7BrN2O2.C7H9BrN2/c1-2-5-3-6(8)7(4-9-5)10(11)12;1-2-5-3-6(8)7(9)4-10-5/h3-4H,2H2,1H3;3-4H,2,9H2,1H3. The zero-order chi connectivity index (χ0) is 16.7. The molecule has 2 aromatic heterocycles. The van der Waals surface area contributed by atoms with Crippen molar-refractivity contribution in [2.45, 2.75) is 26.7 Å². The van der Waals surface area contributed by atoms with Gasteiger partial charge in [0.05, 0.1) is 21.3 Å². The number of nitro groups is 1. The smallest absolute Gasteiger partial charge is 0.301 e. The topological polar surface area (TPSA) is 94.9 Å². The van der Waals surface area contributed by atoms with E-state index in [1.54, 1.807) is 12.3 Å². The first-order valence-electron chi connectivity index (χ1n) is 6.57. The van der Waals surface area contributed by atoms with E-state index in [1.165, 1.54) is 6.20 Å². The number of nitrogen functional groups attached to an aromatic ring is 1. The Balaban J connectivity index is 0.000000224. The van der Waals surface area contributed by atoms with Crippen molar-refractivity contribution in [1.29, 1.82) is 0 Å². The van der Waals surface area contributed by atoms with Crippen molar-refractivity contribution in [2.24, 2.45) is 0 Å². The summed E-state index contributed by atoms with van der Waals surface area (Å²) in [6, 6.07) is 3.60. The Morgan fingerprint density at radius 3 is 2.00 bits per heavy atom. The normalized spacial score (nSPS) is 9.82. The molecule has 2 N–H and O–H groups in total. The highest BCUT2D eigenvalue weighted by atomic mass is 79.9. The van der Waals surface area contributed by atoms with Crippen LogP contribution in [-0.4, -0.2) is 14.9 Å². The first-order valence-corrected chi connectivity index (χ1v) is 8.16. The predicted octanol–water partition coefficient (Wildman–Crippen LogP) is 4.30. The lowest BCUT2D eigenvalue weighted by atomic mass is 10.3. The quantitative estimate of drug-likeness (QED) is 0.577. The van der Waals surface area contributed by atoms with Gasteiger partial charge < -0.3 is 5.73 Å². The fraction of sp³-hybridized carbons (Fsp3) is 0.286. The van der Waals surface area contributed by atoms with Crippen LogP contribution in [0.5, 0.6) is 0 Å². The van der Waals surface area contributed by atoms with Crippen LogP contribution >= 0.6 is 31.9 Å². The van der Waals surface area contributed by atoms with Gasteiger partial charge in [-0.1, -0.05) is 13.8 Å². The minimum absolute atomic E-state index is 0.00667. The average molecular weight is 432 g/mol. The Hall–Kier alpha value is -1.54. The molecular formula is C14H16Br2N4O2. The van der Waals surface area contributed by atoms with Crippen LogP contribution in [0.1, 0.15) is 25.2 Å². The van der Waals surface area contributed by atoms with Crippen LogP contribution in [0.25, 0.3) is 0 Å². The van der Waals surface area contributed by atoms with Gasteiger partial charge in [-0.15, -0.1) is 0 Å². The maximum Gasteiger partial charge on any atom is 0.301 e. The van der Waals surface area contributed by atoms with Crippen LogP contribution in [0.4, 0.5) is 11.4 Å². The second kappa shape index (κ2) is 8.79. The zero-order valence-electron chi connectivity index (χ0n) is 12.2. The highest BCUT2D eigenvalue weighted by Crippen LogP contribution is 2.23. The van der Waals surface area contributed by atoms with Crippen molar-refractivity contribution in [3.8, 4) is 0 Å². The average Bonchev–Trinajstić information content (AvgIpc) is 2.50. The Kier molecular flexibility index (Phi) is 7.40. The van der Waals surface area contributed by atoms with Crippen LogP contribution in [0.15, 0.2) is 33.5 Å². The summed E-state index contributed by atoms with van der Waals surface area (Å²) < 4.78 is 1.42. The fourth-order valence-electron chi connectivity index (χ4n) is 1.47. The summed E-state index contributed by atoms with van der Waals surface area (Å²) in [7, 11) is 0. The molecule has 0 amide bonds. The van der Waals surface area contributed by atoms with E-state index in [4.69, 9.17) is 5.73 Å². The largest absolute Gasteiger partial charge is 0.397 e. The van der Waals surface area contributed by atoms with Gasteiger partial charge in [0.25, 0.3) is 0 Å². The minimum Gasteiger partial charge on any atom is -0.397 e. The summed E-state index contributed by atoms with van der Waals surface area (Å²) >= 11 is 6.43. The van der Waals surface area contributed by atoms with E-state index >= 15 is 0 Å². The van der Waals surface area contributed by atoms with Gasteiger partial charge in [0.15, 0.2) is 0 Å². The summed E-state index contributed by atoms with van der Waals surface area (Å²) in [4.78, 5) is 17.9. The number of aryl methyl sites for hydroxylation is 2. The van der Waals surface area contributed by atoms with Crippen molar-refractivity contribution in [1.82, 2.24) is 9.97 Å². The van der Waals surface area contributed by atoms with E-state index in [-0.39, 0.29) is 5.69 Å². The molecule has 6 nitrogen and oxygen atoms in total. The molecule has 118 valence electrons. The SMILES string of the molecule is CCc1cc(Br)c(N)cn1.CCc1cc(Br)c([N+](=O)[O-])cn1.